The molecule has 4 aromatic carbocycles. The van der Waals surface area contributed by atoms with Gasteiger partial charge in [-0.3, -0.25) is 0 Å². The predicted molar refractivity (Wildman–Crippen MR) is 98.4 cm³/mol. The molecule has 1 heteroatoms. The summed E-state index contributed by atoms with van der Waals surface area (Å²) in [5.74, 6) is 0. The van der Waals surface area contributed by atoms with E-state index in [4.69, 9.17) is 0 Å². The lowest BCUT2D eigenvalue weighted by Crippen LogP contribution is -2.12. The summed E-state index contributed by atoms with van der Waals surface area (Å²) in [5, 5.41) is 8.75. The second-order valence-corrected chi connectivity index (χ2v) is 5.97. The molecule has 0 spiro atoms. The molecule has 4 rings (SSSR count). The SMILES string of the molecule is c1ccc2cc(CNCc3ccc4ccccc4c3)ccc2c1. The first-order valence-electron chi connectivity index (χ1n) is 8.04. The molecule has 0 aliphatic carbocycles. The van der Waals surface area contributed by atoms with E-state index >= 15 is 0 Å². The number of fused-ring (bicyclic) bond motifs is 2. The molecule has 0 aliphatic heterocycles. The standard InChI is InChI=1S/C22H19N/c1-3-7-21-13-17(9-11-19(21)5-1)15-23-16-18-10-12-20-6-2-4-8-22(20)14-18/h1-14,23H,15-16H2. The maximum absolute atomic E-state index is 3.55. The highest BCUT2D eigenvalue weighted by molar-refractivity contribution is 5.83. The third-order valence-corrected chi connectivity index (χ3v) is 4.29. The number of nitrogens with one attached hydrogen (secondary N) is 1. The van der Waals surface area contributed by atoms with Crippen LogP contribution >= 0.6 is 0 Å². The fraction of sp³-hybridized carbons (Fsp3) is 0.0909. The second-order valence-electron chi connectivity index (χ2n) is 5.97. The average molecular weight is 297 g/mol. The summed E-state index contributed by atoms with van der Waals surface area (Å²) < 4.78 is 0. The molecule has 0 atom stereocenters. The van der Waals surface area contributed by atoms with E-state index in [1.807, 2.05) is 0 Å². The zero-order valence-electron chi connectivity index (χ0n) is 13.0. The van der Waals surface area contributed by atoms with E-state index in [1.54, 1.807) is 0 Å². The van der Waals surface area contributed by atoms with Crippen LogP contribution in [0.2, 0.25) is 0 Å². The molecule has 0 aromatic heterocycles. The van der Waals surface area contributed by atoms with Crippen LogP contribution in [0.1, 0.15) is 11.1 Å². The molecule has 1 N–H and O–H groups in total. The van der Waals surface area contributed by atoms with Gasteiger partial charge in [-0.2, -0.15) is 0 Å². The minimum absolute atomic E-state index is 0.887. The second kappa shape index (κ2) is 6.23. The maximum atomic E-state index is 3.55. The summed E-state index contributed by atoms with van der Waals surface area (Å²) in [7, 11) is 0. The van der Waals surface area contributed by atoms with E-state index in [1.165, 1.54) is 32.7 Å². The van der Waals surface area contributed by atoms with Crippen molar-refractivity contribution in [3.8, 4) is 0 Å². The lowest BCUT2D eigenvalue weighted by atomic mass is 10.1. The fourth-order valence-corrected chi connectivity index (χ4v) is 3.05. The molecule has 0 unspecified atom stereocenters. The van der Waals surface area contributed by atoms with Crippen LogP contribution in [-0.2, 0) is 13.1 Å². The quantitative estimate of drug-likeness (QED) is 0.540. The fourth-order valence-electron chi connectivity index (χ4n) is 3.05. The van der Waals surface area contributed by atoms with Crippen LogP contribution in [0, 0.1) is 0 Å². The normalized spacial score (nSPS) is 11.1. The Kier molecular flexibility index (Phi) is 3.79. The van der Waals surface area contributed by atoms with E-state index in [-0.39, 0.29) is 0 Å². The van der Waals surface area contributed by atoms with Gasteiger partial charge in [0.05, 0.1) is 0 Å². The van der Waals surface area contributed by atoms with Crippen LogP contribution in [-0.4, -0.2) is 0 Å². The third kappa shape index (κ3) is 3.10. The zero-order valence-corrected chi connectivity index (χ0v) is 13.0. The molecule has 0 bridgehead atoms. The van der Waals surface area contributed by atoms with Crippen LogP contribution in [0.4, 0.5) is 0 Å². The van der Waals surface area contributed by atoms with E-state index in [2.05, 4.69) is 90.2 Å². The van der Waals surface area contributed by atoms with Crippen LogP contribution in [0.25, 0.3) is 21.5 Å². The Morgan fingerprint density at radius 1 is 0.478 bits per heavy atom. The molecule has 0 radical (unpaired) electrons. The summed E-state index contributed by atoms with van der Waals surface area (Å²) >= 11 is 0. The molecule has 4 aromatic rings. The Bertz CT molecular complexity index is 877. The third-order valence-electron chi connectivity index (χ3n) is 4.29. The van der Waals surface area contributed by atoms with Gasteiger partial charge >= 0.3 is 0 Å². The van der Waals surface area contributed by atoms with Gasteiger partial charge in [0, 0.05) is 13.1 Å². The summed E-state index contributed by atoms with van der Waals surface area (Å²) in [6.45, 7) is 1.77. The van der Waals surface area contributed by atoms with Crippen molar-refractivity contribution < 1.29 is 0 Å². The lowest BCUT2D eigenvalue weighted by Gasteiger charge is -2.08. The molecule has 0 saturated carbocycles. The molecule has 0 saturated heterocycles. The van der Waals surface area contributed by atoms with E-state index in [9.17, 15) is 0 Å². The first kappa shape index (κ1) is 14.0. The van der Waals surface area contributed by atoms with Gasteiger partial charge in [-0.15, -0.1) is 0 Å². The van der Waals surface area contributed by atoms with Crippen molar-refractivity contribution in [2.24, 2.45) is 0 Å². The molecule has 0 fully saturated rings. The van der Waals surface area contributed by atoms with Gasteiger partial charge < -0.3 is 5.32 Å². The van der Waals surface area contributed by atoms with Crippen molar-refractivity contribution in [1.29, 1.82) is 0 Å². The van der Waals surface area contributed by atoms with Crippen molar-refractivity contribution in [2.75, 3.05) is 0 Å². The molecular formula is C22H19N. The Balaban J connectivity index is 1.45. The van der Waals surface area contributed by atoms with Crippen LogP contribution in [0.15, 0.2) is 84.9 Å². The molecule has 23 heavy (non-hydrogen) atoms. The van der Waals surface area contributed by atoms with Gasteiger partial charge in [0.15, 0.2) is 0 Å². The number of hydrogen-bond donors (Lipinski definition) is 1. The average Bonchev–Trinajstić information content (AvgIpc) is 2.61. The number of benzene rings is 4. The summed E-state index contributed by atoms with van der Waals surface area (Å²) in [6.07, 6.45) is 0. The molecule has 112 valence electrons. The van der Waals surface area contributed by atoms with Gasteiger partial charge in [-0.25, -0.2) is 0 Å². The van der Waals surface area contributed by atoms with E-state index in [0.717, 1.165) is 13.1 Å². The number of hydrogen-bond acceptors (Lipinski definition) is 1. The lowest BCUT2D eigenvalue weighted by molar-refractivity contribution is 0.694. The zero-order chi connectivity index (χ0) is 15.5. The van der Waals surface area contributed by atoms with Crippen molar-refractivity contribution in [3.63, 3.8) is 0 Å². The number of rotatable bonds is 4. The Morgan fingerprint density at radius 3 is 1.39 bits per heavy atom. The highest BCUT2D eigenvalue weighted by atomic mass is 14.8. The minimum Gasteiger partial charge on any atom is -0.309 e. The molecular weight excluding hydrogens is 278 g/mol. The van der Waals surface area contributed by atoms with Crippen molar-refractivity contribution >= 4 is 21.5 Å². The maximum Gasteiger partial charge on any atom is 0.0208 e. The van der Waals surface area contributed by atoms with Crippen LogP contribution < -0.4 is 5.32 Å². The Labute approximate surface area is 136 Å². The van der Waals surface area contributed by atoms with Gasteiger partial charge in [-0.05, 0) is 44.8 Å². The van der Waals surface area contributed by atoms with Gasteiger partial charge in [0.25, 0.3) is 0 Å². The van der Waals surface area contributed by atoms with Crippen molar-refractivity contribution in [3.05, 3.63) is 96.1 Å². The Morgan fingerprint density at radius 2 is 0.913 bits per heavy atom. The minimum atomic E-state index is 0.887. The van der Waals surface area contributed by atoms with Crippen molar-refractivity contribution in [1.82, 2.24) is 5.32 Å². The molecule has 1 nitrogen and oxygen atoms in total. The predicted octanol–water partition coefficient (Wildman–Crippen LogP) is 5.28. The smallest absolute Gasteiger partial charge is 0.0208 e. The van der Waals surface area contributed by atoms with Crippen LogP contribution in [0.3, 0.4) is 0 Å². The molecule has 0 heterocycles. The first-order chi connectivity index (χ1) is 11.4. The highest BCUT2D eigenvalue weighted by Gasteiger charge is 1.98. The summed E-state index contributed by atoms with van der Waals surface area (Å²) in [6, 6.07) is 30.3. The van der Waals surface area contributed by atoms with Crippen molar-refractivity contribution in [2.45, 2.75) is 13.1 Å². The highest BCUT2D eigenvalue weighted by Crippen LogP contribution is 2.17. The monoisotopic (exact) mass is 297 g/mol. The van der Waals surface area contributed by atoms with Gasteiger partial charge in [0.1, 0.15) is 0 Å². The van der Waals surface area contributed by atoms with Gasteiger partial charge in [0.2, 0.25) is 0 Å². The van der Waals surface area contributed by atoms with E-state index in [0.29, 0.717) is 0 Å². The van der Waals surface area contributed by atoms with Gasteiger partial charge in [-0.1, -0.05) is 72.8 Å². The summed E-state index contributed by atoms with van der Waals surface area (Å²) in [4.78, 5) is 0. The topological polar surface area (TPSA) is 12.0 Å². The van der Waals surface area contributed by atoms with Crippen LogP contribution in [0.5, 0.6) is 0 Å². The largest absolute Gasteiger partial charge is 0.309 e. The molecule has 0 amide bonds. The first-order valence-corrected chi connectivity index (χ1v) is 8.04. The Hall–Kier alpha value is -2.64. The molecule has 0 aliphatic rings. The summed E-state index contributed by atoms with van der Waals surface area (Å²) in [5.41, 5.74) is 2.65. The van der Waals surface area contributed by atoms with E-state index < -0.39 is 0 Å².